The number of likely N-dealkylation sites (tertiary alicyclic amines) is 1. The normalized spacial score (nSPS) is 19.4. The predicted octanol–water partition coefficient (Wildman–Crippen LogP) is 4.25. The highest BCUT2D eigenvalue weighted by Gasteiger charge is 2.47. The zero-order valence-electron chi connectivity index (χ0n) is 21.8. The summed E-state index contributed by atoms with van der Waals surface area (Å²) >= 11 is 3.45. The highest BCUT2D eigenvalue weighted by Crippen LogP contribution is 2.35. The fraction of sp³-hybridized carbons (Fsp3) is 0.400. The van der Waals surface area contributed by atoms with E-state index >= 15 is 0 Å². The third-order valence-corrected chi connectivity index (χ3v) is 7.65. The lowest BCUT2D eigenvalue weighted by Gasteiger charge is -2.32. The molecule has 38 heavy (non-hydrogen) atoms. The van der Waals surface area contributed by atoms with Crippen molar-refractivity contribution in [1.82, 2.24) is 15.1 Å². The minimum Gasteiger partial charge on any atom is -0.352 e. The lowest BCUT2D eigenvalue weighted by atomic mass is 9.85. The molecule has 2 aromatic carbocycles. The maximum absolute atomic E-state index is 13.8. The molecule has 0 bridgehead atoms. The van der Waals surface area contributed by atoms with E-state index in [0.717, 1.165) is 15.6 Å². The average Bonchev–Trinajstić information content (AvgIpc) is 3.15. The van der Waals surface area contributed by atoms with Crippen LogP contribution in [0.5, 0.6) is 0 Å². The molecule has 1 saturated heterocycles. The van der Waals surface area contributed by atoms with Crippen LogP contribution in [0.25, 0.3) is 0 Å². The summed E-state index contributed by atoms with van der Waals surface area (Å²) in [6, 6.07) is 16.4. The monoisotopic (exact) mass is 579 g/mol. The molecule has 8 heteroatoms. The van der Waals surface area contributed by atoms with Gasteiger partial charge in [-0.2, -0.15) is 0 Å². The molecular formula is C30H34BrN3O4. The van der Waals surface area contributed by atoms with Gasteiger partial charge in [-0.25, -0.2) is 0 Å². The number of nitrogens with zero attached hydrogens (tertiary/aromatic N) is 2. The molecule has 1 aliphatic heterocycles. The van der Waals surface area contributed by atoms with Crippen LogP contribution in [0.1, 0.15) is 44.2 Å². The van der Waals surface area contributed by atoms with E-state index < -0.39 is 6.04 Å². The molecule has 7 nitrogen and oxygen atoms in total. The molecule has 4 amide bonds. The number of allylic oxidation sites excluding steroid dienone is 2. The van der Waals surface area contributed by atoms with Crippen LogP contribution in [-0.4, -0.2) is 52.1 Å². The summed E-state index contributed by atoms with van der Waals surface area (Å²) in [6.45, 7) is 4.02. The predicted molar refractivity (Wildman–Crippen MR) is 149 cm³/mol. The maximum Gasteiger partial charge on any atom is 0.243 e. The molecule has 200 valence electrons. The number of halogens is 1. The van der Waals surface area contributed by atoms with E-state index in [2.05, 4.69) is 21.2 Å². The average molecular weight is 581 g/mol. The number of hydrogen-bond donors (Lipinski definition) is 1. The summed E-state index contributed by atoms with van der Waals surface area (Å²) in [5, 5.41) is 2.97. The van der Waals surface area contributed by atoms with Crippen LogP contribution in [0.4, 0.5) is 0 Å². The van der Waals surface area contributed by atoms with E-state index in [1.54, 1.807) is 4.90 Å². The summed E-state index contributed by atoms with van der Waals surface area (Å²) in [7, 11) is 0. The van der Waals surface area contributed by atoms with Crippen LogP contribution in [-0.2, 0) is 32.1 Å². The van der Waals surface area contributed by atoms with Gasteiger partial charge < -0.3 is 10.2 Å². The fourth-order valence-corrected chi connectivity index (χ4v) is 5.43. The van der Waals surface area contributed by atoms with Crippen molar-refractivity contribution in [2.24, 2.45) is 11.8 Å². The Hall–Kier alpha value is -3.26. The number of benzene rings is 2. The third-order valence-electron chi connectivity index (χ3n) is 7.12. The van der Waals surface area contributed by atoms with Crippen molar-refractivity contribution in [2.75, 3.05) is 6.54 Å². The van der Waals surface area contributed by atoms with Crippen LogP contribution < -0.4 is 5.32 Å². The largest absolute Gasteiger partial charge is 0.352 e. The number of carbonyl (C=O) groups is 4. The first-order chi connectivity index (χ1) is 18.2. The highest BCUT2D eigenvalue weighted by atomic mass is 79.9. The Morgan fingerprint density at radius 2 is 1.55 bits per heavy atom. The van der Waals surface area contributed by atoms with E-state index in [0.29, 0.717) is 19.3 Å². The number of carbonyl (C=O) groups excluding carboxylic acids is 4. The Morgan fingerprint density at radius 3 is 2.13 bits per heavy atom. The minimum atomic E-state index is -0.757. The molecule has 2 aliphatic rings. The first-order valence-electron chi connectivity index (χ1n) is 13.1. The molecule has 0 spiro atoms. The Morgan fingerprint density at radius 1 is 0.947 bits per heavy atom. The molecular weight excluding hydrogens is 546 g/mol. The molecule has 4 rings (SSSR count). The van der Waals surface area contributed by atoms with Crippen molar-refractivity contribution in [3.8, 4) is 0 Å². The molecule has 3 atom stereocenters. The molecule has 1 N–H and O–H groups in total. The summed E-state index contributed by atoms with van der Waals surface area (Å²) in [5.41, 5.74) is 1.81. The Bertz CT molecular complexity index is 1170. The molecule has 1 heterocycles. The number of nitrogens with one attached hydrogen (secondary N) is 1. The van der Waals surface area contributed by atoms with Crippen LogP contribution in [0.15, 0.2) is 71.2 Å². The van der Waals surface area contributed by atoms with Gasteiger partial charge in [0, 0.05) is 36.4 Å². The van der Waals surface area contributed by atoms with Crippen LogP contribution in [0, 0.1) is 11.8 Å². The van der Waals surface area contributed by atoms with Gasteiger partial charge in [0.25, 0.3) is 0 Å². The van der Waals surface area contributed by atoms with E-state index in [4.69, 9.17) is 0 Å². The second-order valence-corrected chi connectivity index (χ2v) is 11.2. The van der Waals surface area contributed by atoms with Crippen LogP contribution in [0.2, 0.25) is 0 Å². The standard InChI is InChI=1S/C30H34BrN3O4/c1-20(2)32-28(36)26(18-21-8-4-3-5-9-21)34(19-22-12-14-23(31)15-13-22)27(35)16-17-33-29(37)24-10-6-7-11-25(24)30(33)38/h3-9,12-15,20,24-26H,10-11,16-19H2,1-2H3,(H,32,36)/t24-,25+,26?. The lowest BCUT2D eigenvalue weighted by Crippen LogP contribution is -2.52. The van der Waals surface area contributed by atoms with Crippen LogP contribution in [0.3, 0.4) is 0 Å². The van der Waals surface area contributed by atoms with Gasteiger partial charge in [0.15, 0.2) is 0 Å². The first kappa shape index (κ1) is 27.8. The van der Waals surface area contributed by atoms with Crippen molar-refractivity contribution in [2.45, 2.75) is 58.2 Å². The second kappa shape index (κ2) is 12.5. The third kappa shape index (κ3) is 6.59. The van der Waals surface area contributed by atoms with Gasteiger partial charge in [-0.3, -0.25) is 24.1 Å². The minimum absolute atomic E-state index is 0.0181. The van der Waals surface area contributed by atoms with E-state index in [1.165, 1.54) is 4.90 Å². The van der Waals surface area contributed by atoms with Gasteiger partial charge in [0.1, 0.15) is 6.04 Å². The van der Waals surface area contributed by atoms with E-state index in [1.807, 2.05) is 80.6 Å². The van der Waals surface area contributed by atoms with Gasteiger partial charge in [0.2, 0.25) is 23.6 Å². The van der Waals surface area contributed by atoms with Crippen molar-refractivity contribution < 1.29 is 19.2 Å². The van der Waals surface area contributed by atoms with Crippen LogP contribution >= 0.6 is 15.9 Å². The van der Waals surface area contributed by atoms with E-state index in [9.17, 15) is 19.2 Å². The molecule has 0 aromatic heterocycles. The summed E-state index contributed by atoms with van der Waals surface area (Å²) in [4.78, 5) is 56.0. The van der Waals surface area contributed by atoms with Crippen molar-refractivity contribution in [1.29, 1.82) is 0 Å². The smallest absolute Gasteiger partial charge is 0.243 e. The topological polar surface area (TPSA) is 86.8 Å². The van der Waals surface area contributed by atoms with Gasteiger partial charge in [-0.1, -0.05) is 70.5 Å². The maximum atomic E-state index is 13.8. The highest BCUT2D eigenvalue weighted by molar-refractivity contribution is 9.10. The zero-order chi connectivity index (χ0) is 27.2. The summed E-state index contributed by atoms with van der Waals surface area (Å²) in [6.07, 6.45) is 5.32. The molecule has 2 aromatic rings. The zero-order valence-corrected chi connectivity index (χ0v) is 23.4. The van der Waals surface area contributed by atoms with Crippen molar-refractivity contribution >= 4 is 39.6 Å². The van der Waals surface area contributed by atoms with Gasteiger partial charge in [-0.15, -0.1) is 0 Å². The van der Waals surface area contributed by atoms with Gasteiger partial charge in [0.05, 0.1) is 11.8 Å². The quantitative estimate of drug-likeness (QED) is 0.336. The number of fused-ring (bicyclic) bond motifs is 1. The lowest BCUT2D eigenvalue weighted by molar-refractivity contribution is -0.144. The Labute approximate surface area is 232 Å². The van der Waals surface area contributed by atoms with Crippen molar-refractivity contribution in [3.05, 3.63) is 82.3 Å². The Kier molecular flexibility index (Phi) is 9.15. The molecule has 0 radical (unpaired) electrons. The van der Waals surface area contributed by atoms with Crippen molar-refractivity contribution in [3.63, 3.8) is 0 Å². The number of imide groups is 1. The van der Waals surface area contributed by atoms with Gasteiger partial charge in [-0.05, 0) is 49.9 Å². The first-order valence-corrected chi connectivity index (χ1v) is 13.9. The number of amides is 4. The molecule has 1 aliphatic carbocycles. The second-order valence-electron chi connectivity index (χ2n) is 10.3. The molecule has 1 fully saturated rings. The Balaban J connectivity index is 1.58. The van der Waals surface area contributed by atoms with Gasteiger partial charge >= 0.3 is 0 Å². The molecule has 1 unspecified atom stereocenters. The van der Waals surface area contributed by atoms with E-state index in [-0.39, 0.29) is 61.0 Å². The molecule has 0 saturated carbocycles. The number of rotatable bonds is 10. The summed E-state index contributed by atoms with van der Waals surface area (Å²) in [5.74, 6) is -1.57. The SMILES string of the molecule is CC(C)NC(=O)C(Cc1ccccc1)N(Cc1ccc(Br)cc1)C(=O)CCN1C(=O)[C@H]2CC=CC[C@H]2C1=O. The number of hydrogen-bond acceptors (Lipinski definition) is 4. The summed E-state index contributed by atoms with van der Waals surface area (Å²) < 4.78 is 0.916. The fourth-order valence-electron chi connectivity index (χ4n) is 5.16.